The fourth-order valence-corrected chi connectivity index (χ4v) is 3.61. The summed E-state index contributed by atoms with van der Waals surface area (Å²) in [4.78, 5) is 25.9. The summed E-state index contributed by atoms with van der Waals surface area (Å²) in [6, 6.07) is 0. The Balaban J connectivity index is 1.67. The van der Waals surface area contributed by atoms with Gasteiger partial charge in [-0.1, -0.05) is 12.8 Å². The number of likely N-dealkylation sites (tertiary alicyclic amines) is 1. The standard InChI is InChI=1S/C16H28N2O3/c19-11-5-9-17-8-3-4-10-18-14(20)12-16(13-15(18)21)6-1-2-7-16/h17,19H,1-13H2. The lowest BCUT2D eigenvalue weighted by atomic mass is 9.76. The highest BCUT2D eigenvalue weighted by Gasteiger charge is 2.44. The van der Waals surface area contributed by atoms with E-state index in [4.69, 9.17) is 5.11 Å². The lowest BCUT2D eigenvalue weighted by Gasteiger charge is -2.37. The molecule has 1 spiro atoms. The first-order chi connectivity index (χ1) is 10.2. The Morgan fingerprint density at radius 3 is 2.24 bits per heavy atom. The first-order valence-corrected chi connectivity index (χ1v) is 8.32. The van der Waals surface area contributed by atoms with E-state index in [9.17, 15) is 9.59 Å². The van der Waals surface area contributed by atoms with Gasteiger partial charge in [0.15, 0.2) is 0 Å². The SMILES string of the molecule is O=C1CC2(CCCC2)CC(=O)N1CCCCNCCCO. The zero-order valence-electron chi connectivity index (χ0n) is 12.9. The Morgan fingerprint density at radius 2 is 1.62 bits per heavy atom. The fraction of sp³-hybridized carbons (Fsp3) is 0.875. The molecular weight excluding hydrogens is 268 g/mol. The molecule has 0 aromatic carbocycles. The topological polar surface area (TPSA) is 69.6 Å². The van der Waals surface area contributed by atoms with Crippen molar-refractivity contribution in [2.45, 2.75) is 57.8 Å². The summed E-state index contributed by atoms with van der Waals surface area (Å²) in [5, 5.41) is 11.9. The van der Waals surface area contributed by atoms with Gasteiger partial charge in [0.25, 0.3) is 0 Å². The predicted octanol–water partition coefficient (Wildman–Crippen LogP) is 1.45. The normalized spacial score (nSPS) is 21.5. The third-order valence-corrected chi connectivity index (χ3v) is 4.82. The first kappa shape index (κ1) is 16.4. The second-order valence-electron chi connectivity index (χ2n) is 6.53. The van der Waals surface area contributed by atoms with Gasteiger partial charge < -0.3 is 10.4 Å². The maximum Gasteiger partial charge on any atom is 0.229 e. The summed E-state index contributed by atoms with van der Waals surface area (Å²) in [6.07, 6.45) is 8.16. The van der Waals surface area contributed by atoms with Gasteiger partial charge in [-0.3, -0.25) is 14.5 Å². The van der Waals surface area contributed by atoms with E-state index < -0.39 is 0 Å². The molecule has 0 radical (unpaired) electrons. The third-order valence-electron chi connectivity index (χ3n) is 4.82. The third kappa shape index (κ3) is 4.51. The minimum absolute atomic E-state index is 0.0104. The van der Waals surface area contributed by atoms with Gasteiger partial charge in [-0.05, 0) is 50.6 Å². The lowest BCUT2D eigenvalue weighted by molar-refractivity contribution is -0.153. The van der Waals surface area contributed by atoms with Crippen LogP contribution >= 0.6 is 0 Å². The van der Waals surface area contributed by atoms with E-state index in [-0.39, 0.29) is 23.8 Å². The highest BCUT2D eigenvalue weighted by molar-refractivity contribution is 5.98. The van der Waals surface area contributed by atoms with Crippen LogP contribution in [0.15, 0.2) is 0 Å². The summed E-state index contributed by atoms with van der Waals surface area (Å²) in [5.74, 6) is 0.0859. The number of imide groups is 1. The van der Waals surface area contributed by atoms with E-state index in [1.165, 1.54) is 17.7 Å². The van der Waals surface area contributed by atoms with Gasteiger partial charge in [0.1, 0.15) is 0 Å². The number of hydrogen-bond acceptors (Lipinski definition) is 4. The average Bonchev–Trinajstić information content (AvgIpc) is 2.88. The Hall–Kier alpha value is -0.940. The molecular formula is C16H28N2O3. The van der Waals surface area contributed by atoms with Crippen LogP contribution in [-0.4, -0.2) is 48.1 Å². The zero-order valence-corrected chi connectivity index (χ0v) is 12.9. The van der Waals surface area contributed by atoms with E-state index in [1.807, 2.05) is 0 Å². The van der Waals surface area contributed by atoms with Gasteiger partial charge in [0, 0.05) is 26.0 Å². The molecule has 0 bridgehead atoms. The van der Waals surface area contributed by atoms with Crippen LogP contribution in [0.2, 0.25) is 0 Å². The van der Waals surface area contributed by atoms with Crippen molar-refractivity contribution in [2.24, 2.45) is 5.41 Å². The fourth-order valence-electron chi connectivity index (χ4n) is 3.61. The van der Waals surface area contributed by atoms with Crippen LogP contribution in [0.1, 0.15) is 57.8 Å². The Labute approximate surface area is 127 Å². The van der Waals surface area contributed by atoms with Crippen LogP contribution in [0.5, 0.6) is 0 Å². The number of aliphatic hydroxyl groups is 1. The van der Waals surface area contributed by atoms with Crippen LogP contribution in [0, 0.1) is 5.41 Å². The molecule has 2 N–H and O–H groups in total. The molecule has 2 aliphatic rings. The number of unbranched alkanes of at least 4 members (excludes halogenated alkanes) is 1. The quantitative estimate of drug-likeness (QED) is 0.525. The van der Waals surface area contributed by atoms with E-state index >= 15 is 0 Å². The number of carbonyl (C=O) groups excluding carboxylic acids is 2. The van der Waals surface area contributed by atoms with Crippen molar-refractivity contribution < 1.29 is 14.7 Å². The lowest BCUT2D eigenvalue weighted by Crippen LogP contribution is -2.47. The monoisotopic (exact) mass is 296 g/mol. The van der Waals surface area contributed by atoms with E-state index in [0.717, 1.165) is 45.2 Å². The molecule has 5 heteroatoms. The summed E-state index contributed by atoms with van der Waals surface area (Å²) in [7, 11) is 0. The van der Waals surface area contributed by atoms with Crippen molar-refractivity contribution >= 4 is 11.8 Å². The van der Waals surface area contributed by atoms with Gasteiger partial charge in [-0.15, -0.1) is 0 Å². The average molecular weight is 296 g/mol. The zero-order chi connectivity index (χ0) is 15.1. The Kier molecular flexibility index (Phi) is 6.18. The molecule has 0 unspecified atom stereocenters. The van der Waals surface area contributed by atoms with Crippen molar-refractivity contribution in [3.8, 4) is 0 Å². The summed E-state index contributed by atoms with van der Waals surface area (Å²) < 4.78 is 0. The minimum Gasteiger partial charge on any atom is -0.396 e. The maximum atomic E-state index is 12.2. The second kappa shape index (κ2) is 7.90. The number of amides is 2. The second-order valence-corrected chi connectivity index (χ2v) is 6.53. The highest BCUT2D eigenvalue weighted by atomic mass is 16.3. The Bertz CT molecular complexity index is 345. The number of nitrogens with zero attached hydrogens (tertiary/aromatic N) is 1. The molecule has 5 nitrogen and oxygen atoms in total. The number of rotatable bonds is 8. The van der Waals surface area contributed by atoms with Crippen molar-refractivity contribution in [3.63, 3.8) is 0 Å². The van der Waals surface area contributed by atoms with Crippen LogP contribution in [0.4, 0.5) is 0 Å². The largest absolute Gasteiger partial charge is 0.396 e. The van der Waals surface area contributed by atoms with Gasteiger partial charge >= 0.3 is 0 Å². The van der Waals surface area contributed by atoms with E-state index in [2.05, 4.69) is 5.32 Å². The first-order valence-electron chi connectivity index (χ1n) is 8.32. The number of carbonyl (C=O) groups is 2. The van der Waals surface area contributed by atoms with Crippen molar-refractivity contribution in [3.05, 3.63) is 0 Å². The van der Waals surface area contributed by atoms with Crippen LogP contribution < -0.4 is 5.32 Å². The molecule has 120 valence electrons. The maximum absolute atomic E-state index is 12.2. The smallest absolute Gasteiger partial charge is 0.229 e. The molecule has 0 aromatic rings. The van der Waals surface area contributed by atoms with Gasteiger partial charge in [-0.2, -0.15) is 0 Å². The van der Waals surface area contributed by atoms with Gasteiger partial charge in [-0.25, -0.2) is 0 Å². The molecule has 1 saturated heterocycles. The van der Waals surface area contributed by atoms with Gasteiger partial charge in [0.05, 0.1) is 0 Å². The molecule has 1 heterocycles. The number of piperidine rings is 1. The van der Waals surface area contributed by atoms with Crippen molar-refractivity contribution in [1.29, 1.82) is 0 Å². The number of aliphatic hydroxyl groups excluding tert-OH is 1. The minimum atomic E-state index is 0.0104. The van der Waals surface area contributed by atoms with Crippen LogP contribution in [-0.2, 0) is 9.59 Å². The molecule has 21 heavy (non-hydrogen) atoms. The molecule has 0 atom stereocenters. The van der Waals surface area contributed by atoms with Crippen molar-refractivity contribution in [2.75, 3.05) is 26.2 Å². The predicted molar refractivity (Wildman–Crippen MR) is 80.7 cm³/mol. The molecule has 2 fully saturated rings. The number of hydrogen-bond donors (Lipinski definition) is 2. The molecule has 1 aliphatic heterocycles. The van der Waals surface area contributed by atoms with E-state index in [0.29, 0.717) is 19.4 Å². The van der Waals surface area contributed by atoms with E-state index in [1.54, 1.807) is 0 Å². The van der Waals surface area contributed by atoms with Crippen LogP contribution in [0.25, 0.3) is 0 Å². The summed E-state index contributed by atoms with van der Waals surface area (Å²) in [5.41, 5.74) is 0.0104. The molecule has 1 aliphatic carbocycles. The summed E-state index contributed by atoms with van der Waals surface area (Å²) >= 11 is 0. The van der Waals surface area contributed by atoms with Crippen molar-refractivity contribution in [1.82, 2.24) is 10.2 Å². The van der Waals surface area contributed by atoms with Gasteiger partial charge in [0.2, 0.25) is 11.8 Å². The molecule has 2 amide bonds. The highest BCUT2D eigenvalue weighted by Crippen LogP contribution is 2.46. The van der Waals surface area contributed by atoms with Crippen LogP contribution in [0.3, 0.4) is 0 Å². The summed E-state index contributed by atoms with van der Waals surface area (Å²) in [6.45, 7) is 2.47. The molecule has 2 rings (SSSR count). The number of nitrogens with one attached hydrogen (secondary N) is 1. The molecule has 0 aromatic heterocycles. The molecule has 1 saturated carbocycles. The Morgan fingerprint density at radius 1 is 1.00 bits per heavy atom.